The Hall–Kier alpha value is -3.34. The summed E-state index contributed by atoms with van der Waals surface area (Å²) in [6.07, 6.45) is 7.18. The fourth-order valence-electron chi connectivity index (χ4n) is 3.70. The van der Waals surface area contributed by atoms with Crippen LogP contribution in [0.25, 0.3) is 5.70 Å². The number of ether oxygens (including phenoxy) is 1. The minimum Gasteiger partial charge on any atom is -0.508 e. The van der Waals surface area contributed by atoms with Crippen molar-refractivity contribution in [2.24, 2.45) is 4.99 Å². The molecule has 4 rings (SSSR count). The zero-order valence-electron chi connectivity index (χ0n) is 16.5. The molecule has 0 aliphatic carbocycles. The van der Waals surface area contributed by atoms with E-state index in [2.05, 4.69) is 12.2 Å². The van der Waals surface area contributed by atoms with Gasteiger partial charge in [-0.1, -0.05) is 24.3 Å². The standard InChI is InChI=1S/C24H24N2O3/c1-29-21-8-2-5-17(15-21)16-26-23(28)10-4-7-19-6-3-9-22(25-24(19)26)18-11-13-20(27)14-12-18/h2,5-6,8-9,11-15,27H,3-4,7,10,16H2,1H3. The summed E-state index contributed by atoms with van der Waals surface area (Å²) in [5.74, 6) is 1.81. The Morgan fingerprint density at radius 3 is 2.72 bits per heavy atom. The Kier molecular flexibility index (Phi) is 5.47. The summed E-state index contributed by atoms with van der Waals surface area (Å²) in [6, 6.07) is 14.8. The number of phenolic OH excluding ortho intramolecular Hbond substituents is 1. The monoisotopic (exact) mass is 388 g/mol. The lowest BCUT2D eigenvalue weighted by Gasteiger charge is -2.24. The number of aliphatic imine (C=N–C) groups is 1. The number of nitrogens with zero attached hydrogens (tertiary/aromatic N) is 2. The molecule has 29 heavy (non-hydrogen) atoms. The fourth-order valence-corrected chi connectivity index (χ4v) is 3.70. The van der Waals surface area contributed by atoms with Crippen molar-refractivity contribution in [3.8, 4) is 11.5 Å². The maximum Gasteiger partial charge on any atom is 0.228 e. The molecule has 2 aliphatic rings. The molecule has 0 aromatic heterocycles. The van der Waals surface area contributed by atoms with E-state index in [-0.39, 0.29) is 11.7 Å². The zero-order valence-corrected chi connectivity index (χ0v) is 16.5. The summed E-state index contributed by atoms with van der Waals surface area (Å²) >= 11 is 0. The van der Waals surface area contributed by atoms with Crippen molar-refractivity contribution in [3.63, 3.8) is 0 Å². The van der Waals surface area contributed by atoms with Gasteiger partial charge >= 0.3 is 0 Å². The average molecular weight is 388 g/mol. The Morgan fingerprint density at radius 2 is 1.93 bits per heavy atom. The molecule has 0 spiro atoms. The van der Waals surface area contributed by atoms with Crippen LogP contribution in [0, 0.1) is 0 Å². The summed E-state index contributed by atoms with van der Waals surface area (Å²) in [6.45, 7) is 0.453. The number of benzene rings is 2. The number of hydrogen-bond acceptors (Lipinski definition) is 4. The first-order chi connectivity index (χ1) is 14.1. The molecule has 1 N–H and O–H groups in total. The number of hydrogen-bond donors (Lipinski definition) is 1. The van der Waals surface area contributed by atoms with Gasteiger partial charge in [0.05, 0.1) is 19.4 Å². The topological polar surface area (TPSA) is 62.1 Å². The number of amidine groups is 1. The largest absolute Gasteiger partial charge is 0.508 e. The van der Waals surface area contributed by atoms with Gasteiger partial charge in [-0.15, -0.1) is 0 Å². The highest BCUT2D eigenvalue weighted by atomic mass is 16.5. The number of carbonyl (C=O) groups is 1. The summed E-state index contributed by atoms with van der Waals surface area (Å²) in [7, 11) is 1.64. The predicted octanol–water partition coefficient (Wildman–Crippen LogP) is 4.68. The number of aromatic hydroxyl groups is 1. The Labute approximate surface area is 170 Å². The molecule has 0 atom stereocenters. The van der Waals surface area contributed by atoms with E-state index in [1.807, 2.05) is 36.4 Å². The van der Waals surface area contributed by atoms with Crippen LogP contribution in [0.1, 0.15) is 36.8 Å². The van der Waals surface area contributed by atoms with Crippen molar-refractivity contribution in [3.05, 3.63) is 77.4 Å². The molecular weight excluding hydrogens is 364 g/mol. The number of amides is 1. The van der Waals surface area contributed by atoms with E-state index in [9.17, 15) is 9.90 Å². The second-order valence-corrected chi connectivity index (χ2v) is 7.22. The molecule has 2 aliphatic heterocycles. The van der Waals surface area contributed by atoms with Crippen molar-refractivity contribution in [2.75, 3.05) is 7.11 Å². The van der Waals surface area contributed by atoms with Crippen molar-refractivity contribution in [1.29, 1.82) is 0 Å². The van der Waals surface area contributed by atoms with Crippen molar-refractivity contribution in [2.45, 2.75) is 32.2 Å². The quantitative estimate of drug-likeness (QED) is 0.827. The van der Waals surface area contributed by atoms with E-state index in [0.29, 0.717) is 13.0 Å². The molecule has 2 aromatic rings. The minimum absolute atomic E-state index is 0.0851. The summed E-state index contributed by atoms with van der Waals surface area (Å²) < 4.78 is 5.33. The van der Waals surface area contributed by atoms with E-state index < -0.39 is 0 Å². The lowest BCUT2D eigenvalue weighted by molar-refractivity contribution is -0.127. The molecule has 0 unspecified atom stereocenters. The lowest BCUT2D eigenvalue weighted by atomic mass is 10.1. The lowest BCUT2D eigenvalue weighted by Crippen LogP contribution is -2.35. The Balaban J connectivity index is 1.72. The third kappa shape index (κ3) is 4.24. The van der Waals surface area contributed by atoms with E-state index in [1.165, 1.54) is 0 Å². The van der Waals surface area contributed by atoms with Gasteiger partial charge in [0.1, 0.15) is 17.3 Å². The molecule has 5 nitrogen and oxygen atoms in total. The SMILES string of the molecule is COc1cccc(CN2C(=O)CCCC3=CCC=C(c4ccc(O)cc4)N=C32)c1. The minimum atomic E-state index is 0.0851. The first kappa shape index (κ1) is 19.0. The molecule has 2 heterocycles. The number of carbonyl (C=O) groups excluding carboxylic acids is 1. The highest BCUT2D eigenvalue weighted by Gasteiger charge is 2.27. The van der Waals surface area contributed by atoms with Gasteiger partial charge in [0.25, 0.3) is 0 Å². The van der Waals surface area contributed by atoms with Gasteiger partial charge in [0, 0.05) is 12.0 Å². The number of fused-ring (bicyclic) bond motifs is 1. The second-order valence-electron chi connectivity index (χ2n) is 7.22. The number of rotatable bonds is 4. The Bertz CT molecular complexity index is 1000. The number of likely N-dealkylation sites (tertiary alicyclic amines) is 1. The predicted molar refractivity (Wildman–Crippen MR) is 114 cm³/mol. The van der Waals surface area contributed by atoms with E-state index in [4.69, 9.17) is 9.73 Å². The van der Waals surface area contributed by atoms with Gasteiger partial charge in [0.2, 0.25) is 5.91 Å². The zero-order chi connectivity index (χ0) is 20.2. The molecule has 1 saturated heterocycles. The summed E-state index contributed by atoms with van der Waals surface area (Å²) in [4.78, 5) is 19.7. The molecule has 148 valence electrons. The van der Waals surface area contributed by atoms with Crippen molar-refractivity contribution in [1.82, 2.24) is 4.90 Å². The van der Waals surface area contributed by atoms with Crippen LogP contribution in [-0.2, 0) is 11.3 Å². The van der Waals surface area contributed by atoms with E-state index in [1.54, 1.807) is 24.1 Å². The van der Waals surface area contributed by atoms with E-state index in [0.717, 1.165) is 53.2 Å². The van der Waals surface area contributed by atoms with Crippen LogP contribution in [0.4, 0.5) is 0 Å². The average Bonchev–Trinajstić information content (AvgIpc) is 3.02. The smallest absolute Gasteiger partial charge is 0.228 e. The van der Waals surface area contributed by atoms with E-state index >= 15 is 0 Å². The molecular formula is C24H24N2O3. The van der Waals surface area contributed by atoms with Crippen LogP contribution in [0.3, 0.4) is 0 Å². The first-order valence-corrected chi connectivity index (χ1v) is 9.85. The van der Waals surface area contributed by atoms with Crippen LogP contribution < -0.4 is 4.74 Å². The summed E-state index contributed by atoms with van der Waals surface area (Å²) in [5, 5.41) is 9.59. The first-order valence-electron chi connectivity index (χ1n) is 9.85. The van der Waals surface area contributed by atoms with Crippen LogP contribution in [0.5, 0.6) is 11.5 Å². The molecule has 0 bridgehead atoms. The second kappa shape index (κ2) is 8.35. The normalized spacial score (nSPS) is 16.8. The number of methoxy groups -OCH3 is 1. The highest BCUT2D eigenvalue weighted by molar-refractivity contribution is 6.10. The maximum absolute atomic E-state index is 13.0. The molecule has 5 heteroatoms. The maximum atomic E-state index is 13.0. The Morgan fingerprint density at radius 1 is 1.10 bits per heavy atom. The van der Waals surface area contributed by atoms with Crippen LogP contribution in [0.15, 0.2) is 71.2 Å². The van der Waals surface area contributed by atoms with Gasteiger partial charge in [-0.25, -0.2) is 4.99 Å². The van der Waals surface area contributed by atoms with Crippen LogP contribution in [-0.4, -0.2) is 28.9 Å². The number of allylic oxidation sites excluding steroid dienone is 2. The van der Waals surface area contributed by atoms with Crippen LogP contribution >= 0.6 is 0 Å². The van der Waals surface area contributed by atoms with Gasteiger partial charge < -0.3 is 9.84 Å². The highest BCUT2D eigenvalue weighted by Crippen LogP contribution is 2.29. The molecule has 1 amide bonds. The van der Waals surface area contributed by atoms with Gasteiger partial charge in [0.15, 0.2) is 0 Å². The van der Waals surface area contributed by atoms with Gasteiger partial charge in [-0.05, 0) is 66.8 Å². The van der Waals surface area contributed by atoms with Crippen LogP contribution in [0.2, 0.25) is 0 Å². The number of phenols is 1. The third-order valence-electron chi connectivity index (χ3n) is 5.22. The molecule has 0 radical (unpaired) electrons. The third-order valence-corrected chi connectivity index (χ3v) is 5.22. The van der Waals surface area contributed by atoms with Gasteiger partial charge in [-0.2, -0.15) is 0 Å². The van der Waals surface area contributed by atoms with Gasteiger partial charge in [-0.3, -0.25) is 9.69 Å². The fraction of sp³-hybridized carbons (Fsp3) is 0.250. The molecule has 0 saturated carbocycles. The summed E-state index contributed by atoms with van der Waals surface area (Å²) in [5.41, 5.74) is 3.85. The van der Waals surface area contributed by atoms with Crippen molar-refractivity contribution >= 4 is 17.4 Å². The molecule has 2 aromatic carbocycles. The van der Waals surface area contributed by atoms with Crippen molar-refractivity contribution < 1.29 is 14.6 Å². The molecule has 1 fully saturated rings.